The molecule has 0 unspecified atom stereocenters. The van der Waals surface area contributed by atoms with Crippen LogP contribution in [0.25, 0.3) is 0 Å². The Morgan fingerprint density at radius 1 is 1.50 bits per heavy atom. The molecule has 15 heteroatoms. The summed E-state index contributed by atoms with van der Waals surface area (Å²) in [7, 11) is -4.80. The van der Waals surface area contributed by atoms with E-state index in [2.05, 4.69) is 10.1 Å². The number of hydrogen-bond donors (Lipinski definition) is 3. The van der Waals surface area contributed by atoms with Crippen molar-refractivity contribution in [3.63, 3.8) is 0 Å². The normalized spacial score (nSPS) is 20.1. The van der Waals surface area contributed by atoms with E-state index in [1.807, 2.05) is 0 Å². The van der Waals surface area contributed by atoms with Gasteiger partial charge in [-0.25, -0.2) is 14.1 Å². The summed E-state index contributed by atoms with van der Waals surface area (Å²) in [5, 5.41) is 13.7. The number of carboxylic acids is 1. The molecule has 28 heavy (non-hydrogen) atoms. The Morgan fingerprint density at radius 2 is 2.11 bits per heavy atom. The Morgan fingerprint density at radius 3 is 2.54 bits per heavy atom. The molecule has 4 N–H and O–H groups in total. The Bertz CT molecular complexity index is 940. The van der Waals surface area contributed by atoms with Crippen molar-refractivity contribution >= 4 is 56.6 Å². The lowest BCUT2D eigenvalue weighted by atomic mass is 9.99. The number of anilines is 2. The van der Waals surface area contributed by atoms with Crippen molar-refractivity contribution in [1.82, 2.24) is 9.29 Å². The number of β-lactam (4-membered cyclic amide) rings is 1. The van der Waals surface area contributed by atoms with Crippen LogP contribution in [0.4, 0.5) is 10.9 Å². The maximum Gasteiger partial charge on any atom is 0.362 e. The molecule has 1 saturated heterocycles. The predicted molar refractivity (Wildman–Crippen MR) is 96.9 cm³/mol. The zero-order valence-electron chi connectivity index (χ0n) is 14.8. The number of nitrogens with two attached hydrogens (primary N) is 1. The highest BCUT2D eigenvalue weighted by Crippen LogP contribution is 2.32. The number of rotatable bonds is 7. The minimum absolute atomic E-state index is 0.0448. The quantitative estimate of drug-likeness (QED) is 0.214. The van der Waals surface area contributed by atoms with Gasteiger partial charge in [-0.2, -0.15) is 8.42 Å². The predicted octanol–water partition coefficient (Wildman–Crippen LogP) is -0.674. The monoisotopic (exact) mass is 435 g/mol. The SMILES string of the molecule is C[C@H]1[C@H](N(C(=O)/C=N\OC(C)(C)C(=O)O)c2csc(N)n2)C(=O)N1S(=O)(=O)O. The topological polar surface area (TPSA) is 193 Å². The zero-order valence-corrected chi connectivity index (χ0v) is 16.5. The molecule has 13 nitrogen and oxygen atoms in total. The fourth-order valence-electron chi connectivity index (χ4n) is 2.32. The first-order chi connectivity index (χ1) is 12.8. The number of aromatic nitrogens is 1. The lowest BCUT2D eigenvalue weighted by Crippen LogP contribution is -2.72. The lowest BCUT2D eigenvalue weighted by Gasteiger charge is -2.46. The minimum Gasteiger partial charge on any atom is -0.478 e. The molecule has 0 bridgehead atoms. The van der Waals surface area contributed by atoms with Crippen LogP contribution in [0.15, 0.2) is 10.5 Å². The van der Waals surface area contributed by atoms with E-state index < -0.39 is 45.8 Å². The third-order valence-corrected chi connectivity index (χ3v) is 5.45. The van der Waals surface area contributed by atoms with E-state index in [9.17, 15) is 22.8 Å². The number of nitrogens with zero attached hydrogens (tertiary/aromatic N) is 4. The highest BCUT2D eigenvalue weighted by Gasteiger charge is 2.55. The Kier molecular flexibility index (Phi) is 5.63. The van der Waals surface area contributed by atoms with Crippen molar-refractivity contribution in [1.29, 1.82) is 0 Å². The van der Waals surface area contributed by atoms with Crippen LogP contribution in [0.2, 0.25) is 0 Å². The number of aliphatic carboxylic acids is 1. The summed E-state index contributed by atoms with van der Waals surface area (Å²) in [6.07, 6.45) is 0.621. The second-order valence-corrected chi connectivity index (χ2v) is 8.37. The molecule has 0 saturated carbocycles. The van der Waals surface area contributed by atoms with Gasteiger partial charge < -0.3 is 15.7 Å². The minimum atomic E-state index is -4.80. The largest absolute Gasteiger partial charge is 0.478 e. The van der Waals surface area contributed by atoms with E-state index in [1.54, 1.807) is 0 Å². The molecule has 1 aromatic heterocycles. The van der Waals surface area contributed by atoms with E-state index in [1.165, 1.54) is 26.2 Å². The average Bonchev–Trinajstić information content (AvgIpc) is 2.96. The molecule has 0 spiro atoms. The van der Waals surface area contributed by atoms with Gasteiger partial charge in [0.25, 0.3) is 11.8 Å². The Hall–Kier alpha value is -2.78. The van der Waals surface area contributed by atoms with Crippen LogP contribution in [0.1, 0.15) is 20.8 Å². The molecule has 0 aromatic carbocycles. The Balaban J connectivity index is 2.31. The van der Waals surface area contributed by atoms with Crippen LogP contribution in [-0.2, 0) is 29.5 Å². The van der Waals surface area contributed by atoms with E-state index in [0.29, 0.717) is 6.21 Å². The van der Waals surface area contributed by atoms with Gasteiger partial charge in [0, 0.05) is 5.38 Å². The molecule has 2 rings (SSSR count). The van der Waals surface area contributed by atoms with Crippen LogP contribution in [0, 0.1) is 0 Å². The number of oxime groups is 1. The molecule has 0 radical (unpaired) electrons. The molecule has 154 valence electrons. The zero-order chi connectivity index (χ0) is 21.4. The first kappa shape index (κ1) is 21.5. The first-order valence-electron chi connectivity index (χ1n) is 7.57. The summed E-state index contributed by atoms with van der Waals surface area (Å²) in [4.78, 5) is 45.3. The van der Waals surface area contributed by atoms with Crippen molar-refractivity contribution < 1.29 is 37.3 Å². The van der Waals surface area contributed by atoms with Gasteiger partial charge in [0.05, 0.1) is 6.04 Å². The Labute approximate surface area is 163 Å². The van der Waals surface area contributed by atoms with Crippen LogP contribution in [0.5, 0.6) is 0 Å². The van der Waals surface area contributed by atoms with Crippen molar-refractivity contribution in [3.8, 4) is 0 Å². The van der Waals surface area contributed by atoms with E-state index >= 15 is 0 Å². The summed E-state index contributed by atoms with van der Waals surface area (Å²) < 4.78 is 31.9. The molecule has 1 aliphatic heterocycles. The number of carbonyl (C=O) groups excluding carboxylic acids is 2. The van der Waals surface area contributed by atoms with Crippen LogP contribution in [-0.4, -0.2) is 69.0 Å². The van der Waals surface area contributed by atoms with Crippen molar-refractivity contribution in [3.05, 3.63) is 5.38 Å². The average molecular weight is 435 g/mol. The van der Waals surface area contributed by atoms with Gasteiger partial charge >= 0.3 is 16.3 Å². The maximum atomic E-state index is 12.6. The second kappa shape index (κ2) is 7.33. The number of carboxylic acid groups (broad SMARTS) is 1. The standard InChI is InChI=1S/C13H17N5O8S2/c1-6-9(10(20)18(6)28(23,24)25)17(7-5-27-12(14)16-7)8(19)4-15-26-13(2,3)11(21)22/h4-6,9H,1-3H3,(H2,14,16)(H,21,22)(H,23,24,25)/b15-4-/t6-,9-/m0/s1. The molecule has 1 fully saturated rings. The highest BCUT2D eigenvalue weighted by molar-refractivity contribution is 7.84. The van der Waals surface area contributed by atoms with E-state index in [4.69, 9.17) is 20.2 Å². The van der Waals surface area contributed by atoms with E-state index in [-0.39, 0.29) is 15.3 Å². The van der Waals surface area contributed by atoms with Crippen molar-refractivity contribution in [2.24, 2.45) is 5.16 Å². The summed E-state index contributed by atoms with van der Waals surface area (Å²) in [5.41, 5.74) is 3.83. The van der Waals surface area contributed by atoms with Gasteiger partial charge in [-0.05, 0) is 20.8 Å². The van der Waals surface area contributed by atoms with Gasteiger partial charge in [0.15, 0.2) is 5.13 Å². The molecule has 1 aromatic rings. The van der Waals surface area contributed by atoms with Crippen molar-refractivity contribution in [2.45, 2.75) is 38.5 Å². The van der Waals surface area contributed by atoms with E-state index in [0.717, 1.165) is 16.2 Å². The van der Waals surface area contributed by atoms with Gasteiger partial charge in [0.1, 0.15) is 18.1 Å². The first-order valence-corrected chi connectivity index (χ1v) is 9.85. The highest BCUT2D eigenvalue weighted by atomic mass is 32.2. The maximum absolute atomic E-state index is 12.6. The van der Waals surface area contributed by atoms with Crippen LogP contribution < -0.4 is 10.6 Å². The lowest BCUT2D eigenvalue weighted by molar-refractivity contribution is -0.161. The summed E-state index contributed by atoms with van der Waals surface area (Å²) in [6.45, 7) is 3.71. The van der Waals surface area contributed by atoms with Crippen molar-refractivity contribution in [2.75, 3.05) is 10.6 Å². The van der Waals surface area contributed by atoms with Crippen LogP contribution in [0.3, 0.4) is 0 Å². The number of thiazole rings is 1. The summed E-state index contributed by atoms with van der Waals surface area (Å²) in [5.74, 6) is -3.37. The fourth-order valence-corrected chi connectivity index (χ4v) is 3.73. The molecule has 2 atom stereocenters. The number of hydrogen-bond acceptors (Lipinski definition) is 10. The smallest absolute Gasteiger partial charge is 0.362 e. The molecule has 2 amide bonds. The molecular weight excluding hydrogens is 418 g/mol. The van der Waals surface area contributed by atoms with Gasteiger partial charge in [-0.15, -0.1) is 11.3 Å². The summed E-state index contributed by atoms with van der Waals surface area (Å²) >= 11 is 0.970. The van der Waals surface area contributed by atoms with Gasteiger partial charge in [-0.1, -0.05) is 5.16 Å². The second-order valence-electron chi connectivity index (χ2n) is 6.19. The molecule has 2 heterocycles. The summed E-state index contributed by atoms with van der Waals surface area (Å²) in [6, 6.07) is -2.41. The number of carbonyl (C=O) groups is 3. The third kappa shape index (κ3) is 4.05. The number of nitrogen functional groups attached to an aromatic ring is 1. The van der Waals surface area contributed by atoms with Gasteiger partial charge in [-0.3, -0.25) is 19.0 Å². The number of amides is 2. The fraction of sp³-hybridized carbons (Fsp3) is 0.462. The molecule has 1 aliphatic rings. The van der Waals surface area contributed by atoms with Gasteiger partial charge in [0.2, 0.25) is 5.60 Å². The van der Waals surface area contributed by atoms with Crippen LogP contribution >= 0.6 is 11.3 Å². The molecular formula is C13H17N5O8S2. The molecule has 0 aliphatic carbocycles. The third-order valence-electron chi connectivity index (χ3n) is 3.78.